The molecule has 0 aromatic carbocycles. The quantitative estimate of drug-likeness (QED) is 0.0932. The molecule has 0 heterocycles. The van der Waals surface area contributed by atoms with Gasteiger partial charge in [-0.25, -0.2) is 4.21 Å². The normalized spacial score (nSPS) is 10.2. The fourth-order valence-electron chi connectivity index (χ4n) is 1.61. The molecule has 15 heteroatoms. The first-order valence-corrected chi connectivity index (χ1v) is 15.4. The number of carboxylic acids is 1. The van der Waals surface area contributed by atoms with E-state index < -0.39 is 15.2 Å². The first kappa shape index (κ1) is 43.5. The van der Waals surface area contributed by atoms with Gasteiger partial charge in [-0.05, 0) is 11.6 Å². The summed E-state index contributed by atoms with van der Waals surface area (Å²) in [5.41, 5.74) is 5.38. The summed E-state index contributed by atoms with van der Waals surface area (Å²) >= 11 is 4.97. The van der Waals surface area contributed by atoms with Crippen molar-refractivity contribution in [3.05, 3.63) is 0 Å². The molecular weight excluding hydrogens is 567 g/mol. The van der Waals surface area contributed by atoms with Crippen LogP contribution in [0, 0.1) is 17.8 Å². The molecule has 0 spiro atoms. The number of nitrogens with two attached hydrogens (primary N) is 1. The van der Waals surface area contributed by atoms with Crippen molar-refractivity contribution >= 4 is 59.3 Å². The van der Waals surface area contributed by atoms with E-state index in [-0.39, 0.29) is 28.9 Å². The SMILES string of the molecule is CC(C)C(=O)Cl.CC(C)C(=O)NCCNCCNCCNCCNCCN.CC(C)C(=O)O.O=S(Cl)Cl. The van der Waals surface area contributed by atoms with Gasteiger partial charge in [-0.15, -0.1) is 0 Å². The molecule has 0 aromatic rings. The lowest BCUT2D eigenvalue weighted by atomic mass is 10.2. The third kappa shape index (κ3) is 52.6. The van der Waals surface area contributed by atoms with Crippen molar-refractivity contribution in [1.29, 1.82) is 0 Å². The van der Waals surface area contributed by atoms with Gasteiger partial charge < -0.3 is 37.4 Å². The monoisotopic (exact) mass is 614 g/mol. The van der Waals surface area contributed by atoms with Crippen molar-refractivity contribution < 1.29 is 23.7 Å². The minimum atomic E-state index is -1.67. The van der Waals surface area contributed by atoms with Gasteiger partial charge in [-0.3, -0.25) is 14.4 Å². The number of amides is 1. The van der Waals surface area contributed by atoms with Crippen LogP contribution in [0.3, 0.4) is 0 Å². The van der Waals surface area contributed by atoms with Gasteiger partial charge in [0.15, 0.2) is 0 Å². The molecule has 1 amide bonds. The van der Waals surface area contributed by atoms with Crippen LogP contribution in [-0.4, -0.2) is 91.9 Å². The molecule has 0 atom stereocenters. The fraction of sp³-hybridized carbons (Fsp3) is 0.864. The molecule has 0 bridgehead atoms. The molecule has 0 aliphatic rings. The lowest BCUT2D eigenvalue weighted by Gasteiger charge is -2.09. The summed E-state index contributed by atoms with van der Waals surface area (Å²) < 4.78 is 9.09. The highest BCUT2D eigenvalue weighted by molar-refractivity contribution is 8.26. The number of hydrogen-bond acceptors (Lipinski definition) is 9. The van der Waals surface area contributed by atoms with E-state index in [0.29, 0.717) is 13.1 Å². The second-order valence-corrected chi connectivity index (χ2v) is 11.3. The minimum Gasteiger partial charge on any atom is -0.481 e. The minimum absolute atomic E-state index is 0.0216. The molecule has 0 saturated carbocycles. The summed E-state index contributed by atoms with van der Waals surface area (Å²) in [6, 6.07) is 0. The van der Waals surface area contributed by atoms with Crippen LogP contribution >= 0.6 is 33.0 Å². The van der Waals surface area contributed by atoms with Crippen molar-refractivity contribution in [2.45, 2.75) is 41.5 Å². The molecule has 0 unspecified atom stereocenters. The molecule has 0 aromatic heterocycles. The van der Waals surface area contributed by atoms with Gasteiger partial charge in [-0.1, -0.05) is 41.5 Å². The molecule has 0 saturated heterocycles. The molecule has 8 N–H and O–H groups in total. The number of carbonyl (C=O) groups is 3. The number of rotatable bonds is 17. The van der Waals surface area contributed by atoms with E-state index >= 15 is 0 Å². The predicted octanol–water partition coefficient (Wildman–Crippen LogP) is 1.25. The van der Waals surface area contributed by atoms with Crippen LogP contribution in [0.1, 0.15) is 41.5 Å². The summed E-state index contributed by atoms with van der Waals surface area (Å²) in [6.07, 6.45) is 0. The van der Waals surface area contributed by atoms with E-state index in [1.54, 1.807) is 27.7 Å². The van der Waals surface area contributed by atoms with Crippen molar-refractivity contribution in [2.75, 3.05) is 65.4 Å². The van der Waals surface area contributed by atoms with E-state index in [2.05, 4.69) is 47.9 Å². The van der Waals surface area contributed by atoms with Crippen LogP contribution in [0.15, 0.2) is 0 Å². The highest BCUT2D eigenvalue weighted by atomic mass is 36.0. The molecule has 0 fully saturated rings. The number of nitrogens with one attached hydrogen (secondary N) is 5. The van der Waals surface area contributed by atoms with E-state index in [1.807, 2.05) is 13.8 Å². The molecule has 0 aliphatic heterocycles. The third-order valence-electron chi connectivity index (χ3n) is 3.83. The van der Waals surface area contributed by atoms with E-state index in [4.69, 9.17) is 26.7 Å². The average Bonchev–Trinajstić information content (AvgIpc) is 2.79. The molecule has 0 aliphatic carbocycles. The Labute approximate surface area is 239 Å². The van der Waals surface area contributed by atoms with E-state index in [0.717, 1.165) is 52.4 Å². The van der Waals surface area contributed by atoms with Crippen LogP contribution in [0.4, 0.5) is 0 Å². The Balaban J connectivity index is -0.000000274. The highest BCUT2D eigenvalue weighted by Gasteiger charge is 2.04. The Morgan fingerprint density at radius 1 is 0.703 bits per heavy atom. The van der Waals surface area contributed by atoms with Crippen molar-refractivity contribution in [3.8, 4) is 0 Å². The van der Waals surface area contributed by atoms with Crippen LogP contribution < -0.4 is 32.3 Å². The van der Waals surface area contributed by atoms with Gasteiger partial charge in [0.2, 0.25) is 20.4 Å². The number of hydrogen-bond donors (Lipinski definition) is 7. The van der Waals surface area contributed by atoms with Gasteiger partial charge >= 0.3 is 5.97 Å². The van der Waals surface area contributed by atoms with Gasteiger partial charge in [0.25, 0.3) is 0 Å². The maximum absolute atomic E-state index is 11.3. The summed E-state index contributed by atoms with van der Waals surface area (Å²) in [6.45, 7) is 19.4. The maximum Gasteiger partial charge on any atom is 0.305 e. The summed E-state index contributed by atoms with van der Waals surface area (Å²) in [7, 11) is 7.36. The number of carbonyl (C=O) groups excluding carboxylic acids is 2. The molecule has 224 valence electrons. The smallest absolute Gasteiger partial charge is 0.305 e. The summed E-state index contributed by atoms with van der Waals surface area (Å²) in [5.74, 6) is -0.821. The van der Waals surface area contributed by atoms with E-state index in [1.165, 1.54) is 0 Å². The Morgan fingerprint density at radius 2 is 0.973 bits per heavy atom. The fourth-order valence-corrected chi connectivity index (χ4v) is 1.61. The van der Waals surface area contributed by atoms with Crippen LogP contribution in [-0.2, 0) is 23.6 Å². The van der Waals surface area contributed by atoms with Gasteiger partial charge in [0.1, 0.15) is 0 Å². The number of halogens is 3. The average molecular weight is 616 g/mol. The standard InChI is InChI=1S/C14H34N6O.C4H7ClO.C4H8O2.Cl2OS/c1-13(2)14(21)20-12-11-19-10-9-18-8-7-17-6-5-16-4-3-15;2*1-3(2)4(5)6;1-4(2)3/h13,16-19H,3-12,15H2,1-2H3,(H,20,21);3H,1-2H3;3H,1-2H3,(H,5,6);. The van der Waals surface area contributed by atoms with E-state index in [9.17, 15) is 14.4 Å². The van der Waals surface area contributed by atoms with Crippen molar-refractivity contribution in [2.24, 2.45) is 23.5 Å². The van der Waals surface area contributed by atoms with Crippen LogP contribution in [0.2, 0.25) is 0 Å². The van der Waals surface area contributed by atoms with Crippen LogP contribution in [0.25, 0.3) is 0 Å². The first-order chi connectivity index (χ1) is 17.2. The molecular formula is C22H49Cl3N6O5S. The van der Waals surface area contributed by atoms with Gasteiger partial charge in [0, 0.05) is 98.6 Å². The predicted molar refractivity (Wildman–Crippen MR) is 156 cm³/mol. The summed E-state index contributed by atoms with van der Waals surface area (Å²) in [4.78, 5) is 30.9. The van der Waals surface area contributed by atoms with Gasteiger partial charge in [0.05, 0.1) is 5.92 Å². The Kier molecular flexibility index (Phi) is 39.3. The van der Waals surface area contributed by atoms with Crippen molar-refractivity contribution in [3.63, 3.8) is 0 Å². The lowest BCUT2D eigenvalue weighted by molar-refractivity contribution is -0.140. The Morgan fingerprint density at radius 3 is 1.19 bits per heavy atom. The van der Waals surface area contributed by atoms with Crippen LogP contribution in [0.5, 0.6) is 0 Å². The maximum atomic E-state index is 11.3. The van der Waals surface area contributed by atoms with Crippen molar-refractivity contribution in [1.82, 2.24) is 26.6 Å². The first-order valence-electron chi connectivity index (χ1n) is 12.2. The lowest BCUT2D eigenvalue weighted by Crippen LogP contribution is -2.38. The zero-order valence-corrected chi connectivity index (χ0v) is 26.1. The molecule has 0 rings (SSSR count). The highest BCUT2D eigenvalue weighted by Crippen LogP contribution is 1.95. The molecule has 37 heavy (non-hydrogen) atoms. The largest absolute Gasteiger partial charge is 0.481 e. The number of aliphatic carboxylic acids is 1. The molecule has 11 nitrogen and oxygen atoms in total. The Hall–Kier alpha value is -0.570. The second kappa shape index (κ2) is 33.5. The summed E-state index contributed by atoms with van der Waals surface area (Å²) in [5, 5.41) is 23.8. The van der Waals surface area contributed by atoms with Gasteiger partial charge in [-0.2, -0.15) is 0 Å². The zero-order valence-electron chi connectivity index (χ0n) is 23.0. The zero-order chi connectivity index (χ0) is 29.6. The molecule has 0 radical (unpaired) electrons. The Bertz CT molecular complexity index is 555. The third-order valence-corrected chi connectivity index (χ3v) is 4.27. The second-order valence-electron chi connectivity index (χ2n) is 8.37. The topological polar surface area (TPSA) is 175 Å². The number of carboxylic acid groups (broad SMARTS) is 1.